The molecule has 1 heterocycles. The molecule has 0 saturated carbocycles. The number of aromatic nitrogens is 2. The van der Waals surface area contributed by atoms with Crippen LogP contribution in [0.1, 0.15) is 25.8 Å². The van der Waals surface area contributed by atoms with E-state index in [-0.39, 0.29) is 0 Å². The quantitative estimate of drug-likeness (QED) is 0.643. The maximum atomic E-state index is 6.16. The van der Waals surface area contributed by atoms with Crippen LogP contribution in [-0.4, -0.2) is 36.8 Å². The van der Waals surface area contributed by atoms with Crippen molar-refractivity contribution in [2.24, 2.45) is 0 Å². The van der Waals surface area contributed by atoms with Crippen molar-refractivity contribution in [1.29, 1.82) is 0 Å². The number of nitrogens with zero attached hydrogens (tertiary/aromatic N) is 2. The van der Waals surface area contributed by atoms with Crippen LogP contribution in [0.5, 0.6) is 11.5 Å². The lowest BCUT2D eigenvalue weighted by atomic mass is 10.1. The number of hydrogen-bond acceptors (Lipinski definition) is 7. The average Bonchev–Trinajstić information content (AvgIpc) is 2.64. The summed E-state index contributed by atoms with van der Waals surface area (Å²) in [5.41, 5.74) is 7.83. The van der Waals surface area contributed by atoms with E-state index in [1.54, 1.807) is 14.2 Å². The summed E-state index contributed by atoms with van der Waals surface area (Å²) in [4.78, 5) is 8.45. The Morgan fingerprint density at radius 2 is 1.84 bits per heavy atom. The van der Waals surface area contributed by atoms with Gasteiger partial charge < -0.3 is 25.8 Å². The highest BCUT2D eigenvalue weighted by atomic mass is 16.5. The van der Waals surface area contributed by atoms with Gasteiger partial charge in [0.25, 0.3) is 0 Å². The second kappa shape index (κ2) is 8.96. The molecule has 0 amide bonds. The molecule has 25 heavy (non-hydrogen) atoms. The summed E-state index contributed by atoms with van der Waals surface area (Å²) in [6.45, 7) is 4.89. The third-order valence-corrected chi connectivity index (χ3v) is 4.03. The summed E-state index contributed by atoms with van der Waals surface area (Å²) >= 11 is 0. The van der Waals surface area contributed by atoms with E-state index in [4.69, 9.17) is 15.2 Å². The van der Waals surface area contributed by atoms with Crippen molar-refractivity contribution in [1.82, 2.24) is 9.97 Å². The fraction of sp³-hybridized carbons (Fsp3) is 0.444. The predicted octanol–water partition coefficient (Wildman–Crippen LogP) is 2.94. The van der Waals surface area contributed by atoms with Gasteiger partial charge in [-0.25, -0.2) is 9.97 Å². The monoisotopic (exact) mass is 345 g/mol. The van der Waals surface area contributed by atoms with Crippen LogP contribution in [0.25, 0.3) is 0 Å². The van der Waals surface area contributed by atoms with Crippen molar-refractivity contribution in [2.45, 2.75) is 32.7 Å². The molecule has 1 atom stereocenters. The van der Waals surface area contributed by atoms with Crippen LogP contribution < -0.4 is 25.8 Å². The minimum atomic E-state index is 0.303. The standard InChI is InChI=1S/C18H27N5O2/c1-5-12(2)23-18-16(19)17(21-11-22-18)20-9-8-13-6-7-14(24-3)15(10-13)25-4/h6-7,10-12H,5,8-9,19H2,1-4H3,(H2,20,21,22,23). The van der Waals surface area contributed by atoms with Crippen LogP contribution in [0.15, 0.2) is 24.5 Å². The van der Waals surface area contributed by atoms with Gasteiger partial charge in [0.15, 0.2) is 23.1 Å². The smallest absolute Gasteiger partial charge is 0.160 e. The molecule has 0 saturated heterocycles. The third kappa shape index (κ3) is 4.89. The molecule has 0 spiro atoms. The zero-order chi connectivity index (χ0) is 18.2. The van der Waals surface area contributed by atoms with Gasteiger partial charge in [-0.05, 0) is 37.5 Å². The van der Waals surface area contributed by atoms with E-state index in [0.717, 1.165) is 29.9 Å². The average molecular weight is 345 g/mol. The molecular formula is C18H27N5O2. The number of benzene rings is 1. The first-order valence-corrected chi connectivity index (χ1v) is 8.40. The number of nitrogens with two attached hydrogens (primary N) is 1. The largest absolute Gasteiger partial charge is 0.493 e. The highest BCUT2D eigenvalue weighted by Gasteiger charge is 2.10. The SMILES string of the molecule is CCC(C)Nc1ncnc(NCCc2ccc(OC)c(OC)c2)c1N. The third-order valence-electron chi connectivity index (χ3n) is 4.03. The van der Waals surface area contributed by atoms with E-state index in [9.17, 15) is 0 Å². The molecule has 0 radical (unpaired) electrons. The zero-order valence-electron chi connectivity index (χ0n) is 15.3. The van der Waals surface area contributed by atoms with Gasteiger partial charge in [-0.1, -0.05) is 13.0 Å². The Morgan fingerprint density at radius 1 is 1.12 bits per heavy atom. The summed E-state index contributed by atoms with van der Waals surface area (Å²) < 4.78 is 10.6. The summed E-state index contributed by atoms with van der Waals surface area (Å²) in [5.74, 6) is 2.75. The first-order chi connectivity index (χ1) is 12.1. The first kappa shape index (κ1) is 18.6. The molecule has 0 aliphatic carbocycles. The van der Waals surface area contributed by atoms with Gasteiger partial charge in [-0.15, -0.1) is 0 Å². The van der Waals surface area contributed by atoms with Crippen molar-refractivity contribution in [2.75, 3.05) is 37.1 Å². The highest BCUT2D eigenvalue weighted by molar-refractivity contribution is 5.74. The summed E-state index contributed by atoms with van der Waals surface area (Å²) in [7, 11) is 3.26. The van der Waals surface area contributed by atoms with Crippen molar-refractivity contribution in [3.63, 3.8) is 0 Å². The normalized spacial score (nSPS) is 11.7. The molecule has 0 bridgehead atoms. The molecule has 1 aromatic carbocycles. The van der Waals surface area contributed by atoms with Crippen LogP contribution in [0, 0.1) is 0 Å². The van der Waals surface area contributed by atoms with Crippen molar-refractivity contribution in [3.05, 3.63) is 30.1 Å². The van der Waals surface area contributed by atoms with E-state index in [2.05, 4.69) is 34.4 Å². The minimum Gasteiger partial charge on any atom is -0.493 e. The number of nitrogen functional groups attached to an aromatic ring is 1. The summed E-state index contributed by atoms with van der Waals surface area (Å²) in [5, 5.41) is 6.56. The molecule has 2 aromatic rings. The molecule has 1 aromatic heterocycles. The molecule has 7 nitrogen and oxygen atoms in total. The second-order valence-corrected chi connectivity index (χ2v) is 5.80. The van der Waals surface area contributed by atoms with E-state index in [0.29, 0.717) is 29.9 Å². The maximum absolute atomic E-state index is 6.16. The zero-order valence-corrected chi connectivity index (χ0v) is 15.3. The number of methoxy groups -OCH3 is 2. The van der Waals surface area contributed by atoms with Gasteiger partial charge in [-0.3, -0.25) is 0 Å². The lowest BCUT2D eigenvalue weighted by Gasteiger charge is -2.16. The molecule has 4 N–H and O–H groups in total. The Balaban J connectivity index is 1.99. The Morgan fingerprint density at radius 3 is 2.52 bits per heavy atom. The van der Waals surface area contributed by atoms with Gasteiger partial charge in [0, 0.05) is 12.6 Å². The molecule has 0 aliphatic heterocycles. The number of anilines is 3. The lowest BCUT2D eigenvalue weighted by molar-refractivity contribution is 0.354. The Labute approximate surface area is 149 Å². The molecular weight excluding hydrogens is 318 g/mol. The molecule has 2 rings (SSSR count). The van der Waals surface area contributed by atoms with Gasteiger partial charge in [0.05, 0.1) is 14.2 Å². The second-order valence-electron chi connectivity index (χ2n) is 5.80. The van der Waals surface area contributed by atoms with Crippen LogP contribution in [0.2, 0.25) is 0 Å². The van der Waals surface area contributed by atoms with Gasteiger partial charge in [0.2, 0.25) is 0 Å². The van der Waals surface area contributed by atoms with Crippen molar-refractivity contribution in [3.8, 4) is 11.5 Å². The maximum Gasteiger partial charge on any atom is 0.160 e. The lowest BCUT2D eigenvalue weighted by Crippen LogP contribution is -2.17. The van der Waals surface area contributed by atoms with Crippen LogP contribution in [0.4, 0.5) is 17.3 Å². The molecule has 0 aliphatic rings. The minimum absolute atomic E-state index is 0.303. The Kier molecular flexibility index (Phi) is 6.68. The predicted molar refractivity (Wildman–Crippen MR) is 102 cm³/mol. The number of ether oxygens (including phenoxy) is 2. The van der Waals surface area contributed by atoms with E-state index in [1.807, 2.05) is 18.2 Å². The van der Waals surface area contributed by atoms with Gasteiger partial charge in [0.1, 0.15) is 12.0 Å². The Bertz CT molecular complexity index is 693. The molecule has 1 unspecified atom stereocenters. The summed E-state index contributed by atoms with van der Waals surface area (Å²) in [6.07, 6.45) is 3.31. The van der Waals surface area contributed by atoms with Gasteiger partial charge >= 0.3 is 0 Å². The Hall–Kier alpha value is -2.70. The van der Waals surface area contributed by atoms with E-state index >= 15 is 0 Å². The van der Waals surface area contributed by atoms with E-state index in [1.165, 1.54) is 6.33 Å². The van der Waals surface area contributed by atoms with Gasteiger partial charge in [-0.2, -0.15) is 0 Å². The van der Waals surface area contributed by atoms with Crippen molar-refractivity contribution < 1.29 is 9.47 Å². The molecule has 7 heteroatoms. The number of rotatable bonds is 9. The topological polar surface area (TPSA) is 94.3 Å². The summed E-state index contributed by atoms with van der Waals surface area (Å²) in [6, 6.07) is 6.19. The molecule has 0 fully saturated rings. The number of hydrogen-bond donors (Lipinski definition) is 3. The first-order valence-electron chi connectivity index (χ1n) is 8.40. The van der Waals surface area contributed by atoms with E-state index < -0.39 is 0 Å². The van der Waals surface area contributed by atoms with Crippen LogP contribution >= 0.6 is 0 Å². The van der Waals surface area contributed by atoms with Crippen LogP contribution in [-0.2, 0) is 6.42 Å². The van der Waals surface area contributed by atoms with Crippen LogP contribution in [0.3, 0.4) is 0 Å². The van der Waals surface area contributed by atoms with Crippen molar-refractivity contribution >= 4 is 17.3 Å². The fourth-order valence-electron chi connectivity index (χ4n) is 2.35. The highest BCUT2D eigenvalue weighted by Crippen LogP contribution is 2.28. The molecule has 136 valence electrons. The fourth-order valence-corrected chi connectivity index (χ4v) is 2.35. The number of nitrogens with one attached hydrogen (secondary N) is 2.